The molecule has 1 amide bonds. The van der Waals surface area contributed by atoms with Gasteiger partial charge in [0.05, 0.1) is 24.9 Å². The van der Waals surface area contributed by atoms with Crippen molar-refractivity contribution >= 4 is 5.91 Å². The Bertz CT molecular complexity index is 1110. The SMILES string of the molecule is COc1cccc(Cn2c(CCCC(=O)NO)c(O)n(C34CC5CC(CC(C5)C3)C4)c2=O)c1O. The maximum Gasteiger partial charge on any atom is 0.332 e. The summed E-state index contributed by atoms with van der Waals surface area (Å²) in [5, 5.41) is 30.9. The predicted molar refractivity (Wildman–Crippen MR) is 123 cm³/mol. The summed E-state index contributed by atoms with van der Waals surface area (Å²) in [5.41, 5.74) is 1.95. The molecule has 1 aromatic heterocycles. The molecular weight excluding hydrogens is 438 g/mol. The number of carbonyl (C=O) groups excluding carboxylic acids is 1. The molecule has 0 unspecified atom stereocenters. The van der Waals surface area contributed by atoms with Crippen molar-refractivity contribution in [2.24, 2.45) is 17.8 Å². The molecule has 0 atom stereocenters. The fraction of sp³-hybridized carbons (Fsp3) is 0.600. The van der Waals surface area contributed by atoms with Gasteiger partial charge in [-0.1, -0.05) is 12.1 Å². The van der Waals surface area contributed by atoms with Crippen molar-refractivity contribution in [2.75, 3.05) is 7.11 Å². The van der Waals surface area contributed by atoms with E-state index in [1.165, 1.54) is 30.9 Å². The number of aromatic hydroxyl groups is 2. The highest BCUT2D eigenvalue weighted by atomic mass is 16.5. The first-order chi connectivity index (χ1) is 16.3. The van der Waals surface area contributed by atoms with Crippen LogP contribution in [0.15, 0.2) is 23.0 Å². The third-order valence-corrected chi connectivity index (χ3v) is 8.27. The lowest BCUT2D eigenvalue weighted by Gasteiger charge is -2.56. The standard InChI is InChI=1S/C25H33N3O6/c1-34-20-6-2-4-18(22(20)30)14-27-19(5-3-7-21(29)26-33)23(31)28(24(27)32)25-11-15-8-16(12-25)10-17(9-15)13-25/h2,4,6,15-17,30-31,33H,3,5,7-14H2,1H3,(H,26,29). The molecule has 184 valence electrons. The Hall–Kier alpha value is -2.94. The average Bonchev–Trinajstić information content (AvgIpc) is 3.03. The van der Waals surface area contributed by atoms with Crippen molar-refractivity contribution in [1.29, 1.82) is 0 Å². The summed E-state index contributed by atoms with van der Waals surface area (Å²) in [6.07, 6.45) is 7.10. The first-order valence-corrected chi connectivity index (χ1v) is 12.2. The summed E-state index contributed by atoms with van der Waals surface area (Å²) in [7, 11) is 1.47. The number of phenolic OH excluding ortho intramolecular Hbond substituents is 1. The average molecular weight is 472 g/mol. The van der Waals surface area contributed by atoms with Crippen molar-refractivity contribution in [3.05, 3.63) is 39.9 Å². The number of amides is 1. The second kappa shape index (κ2) is 8.69. The van der Waals surface area contributed by atoms with Gasteiger partial charge in [0, 0.05) is 12.0 Å². The third kappa shape index (κ3) is 3.76. The van der Waals surface area contributed by atoms with E-state index in [1.54, 1.807) is 28.2 Å². The van der Waals surface area contributed by atoms with Crippen LogP contribution in [-0.4, -0.2) is 37.6 Å². The lowest BCUT2D eigenvalue weighted by Crippen LogP contribution is -2.54. The third-order valence-electron chi connectivity index (χ3n) is 8.27. The van der Waals surface area contributed by atoms with Gasteiger partial charge >= 0.3 is 5.69 Å². The topological polar surface area (TPSA) is 126 Å². The second-order valence-electron chi connectivity index (χ2n) is 10.5. The van der Waals surface area contributed by atoms with E-state index in [9.17, 15) is 19.8 Å². The minimum atomic E-state index is -0.514. The van der Waals surface area contributed by atoms with Gasteiger partial charge in [0.25, 0.3) is 0 Å². The Balaban J connectivity index is 1.56. The molecule has 4 aliphatic carbocycles. The van der Waals surface area contributed by atoms with Gasteiger partial charge in [0.2, 0.25) is 11.8 Å². The van der Waals surface area contributed by atoms with Crippen LogP contribution in [0.2, 0.25) is 0 Å². The number of nitrogens with zero attached hydrogens (tertiary/aromatic N) is 2. The largest absolute Gasteiger partial charge is 0.504 e. The molecule has 4 bridgehead atoms. The number of methoxy groups -OCH3 is 1. The van der Waals surface area contributed by atoms with Crippen LogP contribution >= 0.6 is 0 Å². The fourth-order valence-corrected chi connectivity index (χ4v) is 7.26. The summed E-state index contributed by atoms with van der Waals surface area (Å²) >= 11 is 0. The van der Waals surface area contributed by atoms with Gasteiger partial charge in [-0.15, -0.1) is 0 Å². The van der Waals surface area contributed by atoms with Crippen molar-refractivity contribution in [3.63, 3.8) is 0 Å². The van der Waals surface area contributed by atoms with E-state index in [0.29, 0.717) is 47.6 Å². The maximum absolute atomic E-state index is 13.9. The normalized spacial score (nSPS) is 27.2. The number of phenols is 1. The van der Waals surface area contributed by atoms with Crippen LogP contribution in [0, 0.1) is 17.8 Å². The summed E-state index contributed by atoms with van der Waals surface area (Å²) in [6.45, 7) is 0.0797. The molecule has 0 radical (unpaired) electrons. The highest BCUT2D eigenvalue weighted by Gasteiger charge is 2.53. The Kier molecular flexibility index (Phi) is 5.83. The molecule has 0 saturated heterocycles. The molecule has 6 rings (SSSR count). The number of aromatic nitrogens is 2. The molecule has 4 saturated carbocycles. The monoisotopic (exact) mass is 471 g/mol. The number of nitrogens with one attached hydrogen (secondary N) is 1. The van der Waals surface area contributed by atoms with Crippen molar-refractivity contribution < 1.29 is 25.0 Å². The molecule has 4 N–H and O–H groups in total. The minimum Gasteiger partial charge on any atom is -0.504 e. The van der Waals surface area contributed by atoms with E-state index >= 15 is 0 Å². The van der Waals surface area contributed by atoms with E-state index in [-0.39, 0.29) is 35.8 Å². The quantitative estimate of drug-likeness (QED) is 0.347. The fourth-order valence-electron chi connectivity index (χ4n) is 7.26. The number of hydrogen-bond acceptors (Lipinski definition) is 6. The van der Waals surface area contributed by atoms with Gasteiger partial charge < -0.3 is 14.9 Å². The second-order valence-corrected chi connectivity index (χ2v) is 10.5. The number of imidazole rings is 1. The van der Waals surface area contributed by atoms with Crippen LogP contribution in [-0.2, 0) is 23.3 Å². The number of benzene rings is 1. The van der Waals surface area contributed by atoms with Gasteiger partial charge in [-0.2, -0.15) is 0 Å². The zero-order valence-corrected chi connectivity index (χ0v) is 19.5. The highest BCUT2D eigenvalue weighted by molar-refractivity contribution is 5.74. The molecular formula is C25H33N3O6. The Morgan fingerprint density at radius 2 is 1.79 bits per heavy atom. The Morgan fingerprint density at radius 1 is 1.15 bits per heavy atom. The lowest BCUT2D eigenvalue weighted by atomic mass is 9.53. The van der Waals surface area contributed by atoms with E-state index in [2.05, 4.69) is 0 Å². The molecule has 2 aromatic rings. The number of rotatable bonds is 8. The van der Waals surface area contributed by atoms with Crippen LogP contribution in [0.4, 0.5) is 0 Å². The highest BCUT2D eigenvalue weighted by Crippen LogP contribution is 2.59. The van der Waals surface area contributed by atoms with Gasteiger partial charge in [0.15, 0.2) is 11.5 Å². The predicted octanol–water partition coefficient (Wildman–Crippen LogP) is 2.87. The molecule has 0 aliphatic heterocycles. The molecule has 34 heavy (non-hydrogen) atoms. The van der Waals surface area contributed by atoms with E-state index in [4.69, 9.17) is 9.94 Å². The molecule has 9 nitrogen and oxygen atoms in total. The van der Waals surface area contributed by atoms with Gasteiger partial charge in [-0.25, -0.2) is 10.3 Å². The van der Waals surface area contributed by atoms with Crippen LogP contribution in [0.3, 0.4) is 0 Å². The Labute approximate surface area is 197 Å². The first-order valence-electron chi connectivity index (χ1n) is 12.2. The number of hydrogen-bond donors (Lipinski definition) is 4. The van der Waals surface area contributed by atoms with Crippen LogP contribution in [0.1, 0.15) is 62.6 Å². The molecule has 1 aromatic carbocycles. The Morgan fingerprint density at radius 3 is 2.38 bits per heavy atom. The summed E-state index contributed by atoms with van der Waals surface area (Å²) < 4.78 is 8.38. The van der Waals surface area contributed by atoms with Gasteiger partial charge in [-0.05, 0) is 75.2 Å². The maximum atomic E-state index is 13.9. The number of para-hydroxylation sites is 1. The van der Waals surface area contributed by atoms with Crippen LogP contribution in [0.25, 0.3) is 0 Å². The molecule has 4 aliphatic rings. The number of ether oxygens (including phenoxy) is 1. The van der Waals surface area contributed by atoms with Crippen molar-refractivity contribution in [2.45, 2.75) is 69.9 Å². The van der Waals surface area contributed by atoms with E-state index in [1.807, 2.05) is 0 Å². The first kappa shape index (κ1) is 22.8. The van der Waals surface area contributed by atoms with Crippen LogP contribution in [0.5, 0.6) is 17.4 Å². The molecule has 0 spiro atoms. The van der Waals surface area contributed by atoms with Crippen molar-refractivity contribution in [3.8, 4) is 17.4 Å². The van der Waals surface area contributed by atoms with Gasteiger partial charge in [0.1, 0.15) is 0 Å². The number of hydroxylamine groups is 1. The summed E-state index contributed by atoms with van der Waals surface area (Å²) in [5.74, 6) is 1.53. The van der Waals surface area contributed by atoms with E-state index in [0.717, 1.165) is 19.3 Å². The smallest absolute Gasteiger partial charge is 0.332 e. The van der Waals surface area contributed by atoms with Crippen molar-refractivity contribution in [1.82, 2.24) is 14.6 Å². The zero-order valence-electron chi connectivity index (χ0n) is 19.5. The summed E-state index contributed by atoms with van der Waals surface area (Å²) in [4.78, 5) is 25.4. The lowest BCUT2D eigenvalue weighted by molar-refractivity contribution is -0.129. The minimum absolute atomic E-state index is 0.0289. The number of carbonyl (C=O) groups is 1. The zero-order chi connectivity index (χ0) is 24.0. The van der Waals surface area contributed by atoms with Crippen LogP contribution < -0.4 is 15.9 Å². The molecule has 4 fully saturated rings. The summed E-state index contributed by atoms with van der Waals surface area (Å²) in [6, 6.07) is 5.13. The van der Waals surface area contributed by atoms with E-state index < -0.39 is 5.91 Å². The van der Waals surface area contributed by atoms with Gasteiger partial charge in [-0.3, -0.25) is 19.1 Å². The molecule has 1 heterocycles. The molecule has 9 heteroatoms.